The summed E-state index contributed by atoms with van der Waals surface area (Å²) in [6.07, 6.45) is 5.10. The molecule has 0 bridgehead atoms. The molecule has 1 unspecified atom stereocenters. The molecule has 0 aromatic carbocycles. The first kappa shape index (κ1) is 12.8. The van der Waals surface area contributed by atoms with Crippen molar-refractivity contribution in [2.45, 2.75) is 38.6 Å². The number of rotatable bonds is 7. The number of amides is 1. The van der Waals surface area contributed by atoms with Crippen LogP contribution in [0.2, 0.25) is 0 Å². The molecule has 1 amide bonds. The van der Waals surface area contributed by atoms with Crippen LogP contribution in [0.4, 0.5) is 0 Å². The quantitative estimate of drug-likeness (QED) is 0.639. The Morgan fingerprint density at radius 3 is 2.88 bits per heavy atom. The lowest BCUT2D eigenvalue weighted by atomic mass is 10.1. The summed E-state index contributed by atoms with van der Waals surface area (Å²) in [6.45, 7) is 6.78. The van der Waals surface area contributed by atoms with Crippen LogP contribution in [-0.2, 0) is 4.79 Å². The lowest BCUT2D eigenvalue weighted by Gasteiger charge is -2.15. The summed E-state index contributed by atoms with van der Waals surface area (Å²) in [5.41, 5.74) is 0. The molecule has 98 valence electrons. The largest absolute Gasteiger partial charge is 0.355 e. The average Bonchev–Trinajstić information content (AvgIpc) is 3.07. The molecule has 2 aliphatic rings. The fraction of sp³-hybridized carbons (Fsp3) is 0.923. The summed E-state index contributed by atoms with van der Waals surface area (Å²) >= 11 is 0. The van der Waals surface area contributed by atoms with Gasteiger partial charge in [0.05, 0.1) is 6.54 Å². The van der Waals surface area contributed by atoms with Gasteiger partial charge in [0.2, 0.25) is 5.91 Å². The Morgan fingerprint density at radius 2 is 2.18 bits per heavy atom. The third kappa shape index (κ3) is 4.28. The van der Waals surface area contributed by atoms with Crippen molar-refractivity contribution in [3.63, 3.8) is 0 Å². The zero-order valence-corrected chi connectivity index (χ0v) is 10.9. The highest BCUT2D eigenvalue weighted by Crippen LogP contribution is 2.31. The number of nitrogens with one attached hydrogen (secondary N) is 2. The highest BCUT2D eigenvalue weighted by molar-refractivity contribution is 5.77. The van der Waals surface area contributed by atoms with Crippen molar-refractivity contribution >= 4 is 5.91 Å². The fourth-order valence-electron chi connectivity index (χ4n) is 2.50. The maximum atomic E-state index is 11.5. The van der Waals surface area contributed by atoms with Crippen LogP contribution in [0.1, 0.15) is 32.6 Å². The predicted octanol–water partition coefficient (Wildman–Crippen LogP) is 0.587. The molecule has 2 fully saturated rings. The minimum Gasteiger partial charge on any atom is -0.355 e. The predicted molar refractivity (Wildman–Crippen MR) is 68.9 cm³/mol. The van der Waals surface area contributed by atoms with Gasteiger partial charge in [-0.25, -0.2) is 0 Å². The molecule has 2 rings (SSSR count). The van der Waals surface area contributed by atoms with Crippen LogP contribution in [0.3, 0.4) is 0 Å². The zero-order valence-electron chi connectivity index (χ0n) is 10.9. The average molecular weight is 239 g/mol. The van der Waals surface area contributed by atoms with Gasteiger partial charge in [0.25, 0.3) is 0 Å². The molecule has 0 spiro atoms. The van der Waals surface area contributed by atoms with E-state index in [2.05, 4.69) is 22.5 Å². The van der Waals surface area contributed by atoms with E-state index in [1.807, 2.05) is 0 Å². The SMILES string of the molecule is CCCNCC(=O)NCC1CCN(C2CC2)C1. The summed E-state index contributed by atoms with van der Waals surface area (Å²) in [4.78, 5) is 14.1. The van der Waals surface area contributed by atoms with E-state index >= 15 is 0 Å². The molecule has 1 atom stereocenters. The molecule has 4 nitrogen and oxygen atoms in total. The van der Waals surface area contributed by atoms with E-state index < -0.39 is 0 Å². The molecule has 0 aromatic rings. The van der Waals surface area contributed by atoms with Gasteiger partial charge in [-0.1, -0.05) is 6.92 Å². The van der Waals surface area contributed by atoms with Gasteiger partial charge < -0.3 is 15.5 Å². The third-order valence-corrected chi connectivity index (χ3v) is 3.68. The maximum absolute atomic E-state index is 11.5. The molecule has 17 heavy (non-hydrogen) atoms. The summed E-state index contributed by atoms with van der Waals surface area (Å²) < 4.78 is 0. The molecule has 4 heteroatoms. The van der Waals surface area contributed by atoms with E-state index in [0.29, 0.717) is 12.5 Å². The van der Waals surface area contributed by atoms with Crippen molar-refractivity contribution in [1.29, 1.82) is 0 Å². The van der Waals surface area contributed by atoms with Gasteiger partial charge in [-0.05, 0) is 44.7 Å². The van der Waals surface area contributed by atoms with Gasteiger partial charge in [0.15, 0.2) is 0 Å². The first-order valence-corrected chi connectivity index (χ1v) is 7.01. The second-order valence-electron chi connectivity index (χ2n) is 5.36. The summed E-state index contributed by atoms with van der Waals surface area (Å²) in [5.74, 6) is 0.814. The Labute approximate surface area is 104 Å². The molecular weight excluding hydrogens is 214 g/mol. The fourth-order valence-corrected chi connectivity index (χ4v) is 2.50. The van der Waals surface area contributed by atoms with Crippen LogP contribution in [0.15, 0.2) is 0 Å². The van der Waals surface area contributed by atoms with Crippen molar-refractivity contribution in [2.24, 2.45) is 5.92 Å². The number of hydrogen-bond donors (Lipinski definition) is 2. The van der Waals surface area contributed by atoms with Crippen LogP contribution in [0, 0.1) is 5.92 Å². The zero-order chi connectivity index (χ0) is 12.1. The van der Waals surface area contributed by atoms with Crippen LogP contribution >= 0.6 is 0 Å². The molecule has 0 radical (unpaired) electrons. The van der Waals surface area contributed by atoms with Crippen LogP contribution in [0.5, 0.6) is 0 Å². The Balaban J connectivity index is 1.54. The topological polar surface area (TPSA) is 44.4 Å². The van der Waals surface area contributed by atoms with E-state index in [-0.39, 0.29) is 5.91 Å². The van der Waals surface area contributed by atoms with Crippen molar-refractivity contribution in [3.8, 4) is 0 Å². The Morgan fingerprint density at radius 1 is 1.35 bits per heavy atom. The molecule has 1 saturated carbocycles. The minimum atomic E-state index is 0.142. The normalized spacial score (nSPS) is 25.1. The smallest absolute Gasteiger partial charge is 0.233 e. The van der Waals surface area contributed by atoms with Crippen LogP contribution in [-0.4, -0.2) is 49.6 Å². The molecule has 1 saturated heterocycles. The van der Waals surface area contributed by atoms with Gasteiger partial charge in [-0.2, -0.15) is 0 Å². The summed E-state index contributed by atoms with van der Waals surface area (Å²) in [6, 6.07) is 0.877. The number of nitrogens with zero attached hydrogens (tertiary/aromatic N) is 1. The number of hydrogen-bond acceptors (Lipinski definition) is 3. The molecule has 1 heterocycles. The van der Waals surface area contributed by atoms with Gasteiger partial charge in [0, 0.05) is 19.1 Å². The lowest BCUT2D eigenvalue weighted by Crippen LogP contribution is -2.37. The van der Waals surface area contributed by atoms with Crippen molar-refractivity contribution in [1.82, 2.24) is 15.5 Å². The van der Waals surface area contributed by atoms with E-state index in [9.17, 15) is 4.79 Å². The molecule has 1 aliphatic heterocycles. The first-order chi connectivity index (χ1) is 8.29. The Kier molecular flexibility index (Phi) is 4.80. The molecule has 1 aliphatic carbocycles. The van der Waals surface area contributed by atoms with E-state index in [4.69, 9.17) is 0 Å². The van der Waals surface area contributed by atoms with E-state index in [1.165, 1.54) is 32.4 Å². The third-order valence-electron chi connectivity index (χ3n) is 3.68. The van der Waals surface area contributed by atoms with Gasteiger partial charge in [0.1, 0.15) is 0 Å². The minimum absolute atomic E-state index is 0.142. The van der Waals surface area contributed by atoms with E-state index in [1.54, 1.807) is 0 Å². The Bertz CT molecular complexity index is 253. The first-order valence-electron chi connectivity index (χ1n) is 7.01. The number of likely N-dealkylation sites (tertiary alicyclic amines) is 1. The summed E-state index contributed by atoms with van der Waals surface area (Å²) in [7, 11) is 0. The number of carbonyl (C=O) groups excluding carboxylic acids is 1. The van der Waals surface area contributed by atoms with Crippen molar-refractivity contribution in [3.05, 3.63) is 0 Å². The van der Waals surface area contributed by atoms with Crippen LogP contribution < -0.4 is 10.6 Å². The van der Waals surface area contributed by atoms with E-state index in [0.717, 1.165) is 25.6 Å². The molecule has 0 aromatic heterocycles. The Hall–Kier alpha value is -0.610. The number of carbonyl (C=O) groups is 1. The molecular formula is C13H25N3O. The van der Waals surface area contributed by atoms with Crippen LogP contribution in [0.25, 0.3) is 0 Å². The standard InChI is InChI=1S/C13H25N3O/c1-2-6-14-9-13(17)15-8-11-5-7-16(10-11)12-3-4-12/h11-12,14H,2-10H2,1H3,(H,15,17). The summed E-state index contributed by atoms with van der Waals surface area (Å²) in [5, 5.41) is 6.16. The lowest BCUT2D eigenvalue weighted by molar-refractivity contribution is -0.120. The monoisotopic (exact) mass is 239 g/mol. The second kappa shape index (κ2) is 6.36. The highest BCUT2D eigenvalue weighted by Gasteiger charge is 2.34. The van der Waals surface area contributed by atoms with Gasteiger partial charge in [-0.15, -0.1) is 0 Å². The molecule has 2 N–H and O–H groups in total. The maximum Gasteiger partial charge on any atom is 0.233 e. The van der Waals surface area contributed by atoms with Crippen molar-refractivity contribution < 1.29 is 4.79 Å². The highest BCUT2D eigenvalue weighted by atomic mass is 16.1. The second-order valence-corrected chi connectivity index (χ2v) is 5.36. The van der Waals surface area contributed by atoms with Gasteiger partial charge >= 0.3 is 0 Å². The van der Waals surface area contributed by atoms with Crippen molar-refractivity contribution in [2.75, 3.05) is 32.7 Å². The van der Waals surface area contributed by atoms with Gasteiger partial charge in [-0.3, -0.25) is 4.79 Å².